The van der Waals surface area contributed by atoms with Crippen LogP contribution in [-0.2, 0) is 16.1 Å². The largest absolute Gasteiger partial charge is 0.482 e. The number of methoxy groups -OCH3 is 1. The van der Waals surface area contributed by atoms with Crippen molar-refractivity contribution in [2.24, 2.45) is 0 Å². The molecule has 0 fully saturated rings. The number of rotatable bonds is 5. The number of benzene rings is 3. The lowest BCUT2D eigenvalue weighted by Crippen LogP contribution is -2.38. The summed E-state index contributed by atoms with van der Waals surface area (Å²) in [6, 6.07) is 18.2. The van der Waals surface area contributed by atoms with Gasteiger partial charge in [0.1, 0.15) is 5.75 Å². The fourth-order valence-corrected chi connectivity index (χ4v) is 3.60. The molecule has 8 nitrogen and oxygen atoms in total. The van der Waals surface area contributed by atoms with Crippen LogP contribution < -0.4 is 20.3 Å². The topological polar surface area (TPSA) is 97.0 Å². The first-order valence-corrected chi connectivity index (χ1v) is 10.4. The second kappa shape index (κ2) is 9.62. The van der Waals surface area contributed by atoms with E-state index in [1.54, 1.807) is 65.6 Å². The highest BCUT2D eigenvalue weighted by molar-refractivity contribution is 6.30. The number of hydrogen-bond acceptors (Lipinski definition) is 5. The third-order valence-electron chi connectivity index (χ3n) is 4.93. The summed E-state index contributed by atoms with van der Waals surface area (Å²) in [5.74, 6) is -0.186. The molecule has 9 heteroatoms. The van der Waals surface area contributed by atoms with Crippen LogP contribution in [0.5, 0.6) is 5.75 Å². The molecule has 3 aromatic carbocycles. The summed E-state index contributed by atoms with van der Waals surface area (Å²) in [7, 11) is 1.31. The molecule has 0 aromatic heterocycles. The van der Waals surface area contributed by atoms with Crippen molar-refractivity contribution in [3.05, 3.63) is 82.9 Å². The van der Waals surface area contributed by atoms with Crippen molar-refractivity contribution in [2.45, 2.75) is 6.54 Å². The number of esters is 1. The summed E-state index contributed by atoms with van der Waals surface area (Å²) in [6.45, 7) is 0.115. The number of hydrogen-bond donors (Lipinski definition) is 2. The Kier molecular flexibility index (Phi) is 6.46. The van der Waals surface area contributed by atoms with Gasteiger partial charge in [-0.3, -0.25) is 4.79 Å². The smallest absolute Gasteiger partial charge is 0.337 e. The van der Waals surface area contributed by atoms with Crippen LogP contribution in [0.25, 0.3) is 0 Å². The molecule has 3 aromatic rings. The molecule has 0 aliphatic carbocycles. The number of ether oxygens (including phenoxy) is 2. The Bertz CT molecular complexity index is 1230. The number of fused-ring (bicyclic) bond motifs is 1. The Morgan fingerprint density at radius 3 is 2.55 bits per heavy atom. The van der Waals surface area contributed by atoms with Gasteiger partial charge in [-0.05, 0) is 54.1 Å². The van der Waals surface area contributed by atoms with Gasteiger partial charge in [0.05, 0.1) is 24.9 Å². The van der Waals surface area contributed by atoms with Crippen LogP contribution in [0.3, 0.4) is 0 Å². The Morgan fingerprint density at radius 2 is 1.79 bits per heavy atom. The van der Waals surface area contributed by atoms with Crippen LogP contribution in [-0.4, -0.2) is 31.6 Å². The van der Waals surface area contributed by atoms with Crippen molar-refractivity contribution in [1.82, 2.24) is 0 Å². The molecular weight excluding hydrogens is 446 g/mol. The van der Waals surface area contributed by atoms with E-state index in [9.17, 15) is 14.4 Å². The fourth-order valence-electron chi connectivity index (χ4n) is 3.41. The van der Waals surface area contributed by atoms with Gasteiger partial charge in [-0.1, -0.05) is 29.8 Å². The molecule has 0 spiro atoms. The highest BCUT2D eigenvalue weighted by atomic mass is 35.5. The van der Waals surface area contributed by atoms with Crippen LogP contribution in [0.2, 0.25) is 5.02 Å². The maximum absolute atomic E-state index is 12.6. The third kappa shape index (κ3) is 5.24. The number of anilines is 3. The van der Waals surface area contributed by atoms with Gasteiger partial charge in [0.25, 0.3) is 5.91 Å². The Morgan fingerprint density at radius 1 is 1.03 bits per heavy atom. The average molecular weight is 466 g/mol. The number of nitrogens with one attached hydrogen (secondary N) is 2. The van der Waals surface area contributed by atoms with Crippen LogP contribution in [0.15, 0.2) is 66.7 Å². The Labute approximate surface area is 195 Å². The Balaban J connectivity index is 1.54. The Hall–Kier alpha value is -4.04. The van der Waals surface area contributed by atoms with Crippen molar-refractivity contribution >= 4 is 46.6 Å². The summed E-state index contributed by atoms with van der Waals surface area (Å²) in [5.41, 5.74) is 2.67. The average Bonchev–Trinajstić information content (AvgIpc) is 2.80. The number of carbonyl (C=O) groups is 3. The van der Waals surface area contributed by atoms with Gasteiger partial charge < -0.3 is 25.0 Å². The first kappa shape index (κ1) is 22.2. The summed E-state index contributed by atoms with van der Waals surface area (Å²) < 4.78 is 10.3. The number of halogens is 1. The van der Waals surface area contributed by atoms with Gasteiger partial charge in [0, 0.05) is 16.4 Å². The van der Waals surface area contributed by atoms with E-state index in [2.05, 4.69) is 10.6 Å². The number of nitrogens with zero attached hydrogens (tertiary/aromatic N) is 1. The van der Waals surface area contributed by atoms with Gasteiger partial charge in [-0.15, -0.1) is 0 Å². The van der Waals surface area contributed by atoms with Crippen LogP contribution in [0.1, 0.15) is 15.9 Å². The quantitative estimate of drug-likeness (QED) is 0.532. The van der Waals surface area contributed by atoms with Gasteiger partial charge in [-0.25, -0.2) is 9.59 Å². The molecular formula is C24H20ClN3O5. The molecule has 0 saturated carbocycles. The molecule has 0 radical (unpaired) electrons. The highest BCUT2D eigenvalue weighted by Crippen LogP contribution is 2.35. The van der Waals surface area contributed by atoms with Crippen LogP contribution in [0.4, 0.5) is 21.9 Å². The maximum atomic E-state index is 12.6. The summed E-state index contributed by atoms with van der Waals surface area (Å²) >= 11 is 5.95. The molecule has 1 aliphatic rings. The predicted molar refractivity (Wildman–Crippen MR) is 125 cm³/mol. The van der Waals surface area contributed by atoms with Crippen molar-refractivity contribution < 1.29 is 23.9 Å². The molecule has 0 saturated heterocycles. The SMILES string of the molecule is COC(=O)c1cccc(CN2C(=O)COc3ccc(NC(=O)Nc4cccc(Cl)c4)cc32)c1. The molecule has 1 aliphatic heterocycles. The zero-order valence-electron chi connectivity index (χ0n) is 17.6. The van der Waals surface area contributed by atoms with Gasteiger partial charge in [0.15, 0.2) is 6.61 Å². The second-order valence-corrected chi connectivity index (χ2v) is 7.67. The van der Waals surface area contributed by atoms with E-state index in [1.807, 2.05) is 6.07 Å². The molecule has 3 amide bonds. The monoisotopic (exact) mass is 465 g/mol. The fraction of sp³-hybridized carbons (Fsp3) is 0.125. The number of carbonyl (C=O) groups excluding carboxylic acids is 3. The van der Waals surface area contributed by atoms with Crippen molar-refractivity contribution in [1.29, 1.82) is 0 Å². The molecule has 0 atom stereocenters. The molecule has 1 heterocycles. The molecule has 0 bridgehead atoms. The van der Waals surface area contributed by atoms with E-state index in [4.69, 9.17) is 21.1 Å². The summed E-state index contributed by atoms with van der Waals surface area (Å²) in [5, 5.41) is 5.95. The van der Waals surface area contributed by atoms with E-state index < -0.39 is 12.0 Å². The van der Waals surface area contributed by atoms with E-state index in [0.29, 0.717) is 33.4 Å². The lowest BCUT2D eigenvalue weighted by Gasteiger charge is -2.30. The lowest BCUT2D eigenvalue weighted by atomic mass is 10.1. The van der Waals surface area contributed by atoms with Crippen molar-refractivity contribution in [2.75, 3.05) is 29.3 Å². The molecule has 33 heavy (non-hydrogen) atoms. The maximum Gasteiger partial charge on any atom is 0.337 e. The predicted octanol–water partition coefficient (Wildman–Crippen LogP) is 4.70. The second-order valence-electron chi connectivity index (χ2n) is 7.23. The molecule has 2 N–H and O–H groups in total. The first-order chi connectivity index (χ1) is 15.9. The normalized spacial score (nSPS) is 12.4. The van der Waals surface area contributed by atoms with E-state index in [-0.39, 0.29) is 19.1 Å². The van der Waals surface area contributed by atoms with E-state index >= 15 is 0 Å². The number of amides is 3. The summed E-state index contributed by atoms with van der Waals surface area (Å²) in [6.07, 6.45) is 0. The standard InChI is InChI=1S/C24H20ClN3O5/c1-32-23(30)16-5-2-4-15(10-16)13-28-20-12-19(8-9-21(20)33-14-22(28)29)27-24(31)26-18-7-3-6-17(25)11-18/h2-12H,13-14H2,1H3,(H2,26,27,31). The minimum absolute atomic E-state index is 0.105. The van der Waals surface area contributed by atoms with Gasteiger partial charge in [-0.2, -0.15) is 0 Å². The number of urea groups is 1. The molecule has 4 rings (SSSR count). The third-order valence-corrected chi connectivity index (χ3v) is 5.17. The molecule has 0 unspecified atom stereocenters. The van der Waals surface area contributed by atoms with Gasteiger partial charge >= 0.3 is 12.0 Å². The van der Waals surface area contributed by atoms with Gasteiger partial charge in [0.2, 0.25) is 0 Å². The zero-order chi connectivity index (χ0) is 23.4. The first-order valence-electron chi connectivity index (χ1n) is 10.0. The van der Waals surface area contributed by atoms with E-state index in [1.165, 1.54) is 7.11 Å². The minimum Gasteiger partial charge on any atom is -0.482 e. The highest BCUT2D eigenvalue weighted by Gasteiger charge is 2.26. The lowest BCUT2D eigenvalue weighted by molar-refractivity contribution is -0.121. The van der Waals surface area contributed by atoms with Crippen LogP contribution >= 0.6 is 11.6 Å². The summed E-state index contributed by atoms with van der Waals surface area (Å²) in [4.78, 5) is 38.4. The van der Waals surface area contributed by atoms with Crippen LogP contribution in [0, 0.1) is 0 Å². The van der Waals surface area contributed by atoms with Crippen molar-refractivity contribution in [3.8, 4) is 5.75 Å². The van der Waals surface area contributed by atoms with E-state index in [0.717, 1.165) is 5.56 Å². The van der Waals surface area contributed by atoms with Crippen molar-refractivity contribution in [3.63, 3.8) is 0 Å². The molecule has 168 valence electrons. The minimum atomic E-state index is -0.461. The zero-order valence-corrected chi connectivity index (χ0v) is 18.4.